The molecule has 6 heterocycles. The molecule has 6 aromatic rings. The van der Waals surface area contributed by atoms with Gasteiger partial charge in [-0.05, 0) is 54.3 Å². The van der Waals surface area contributed by atoms with Crippen molar-refractivity contribution in [2.24, 2.45) is 0 Å². The fraction of sp³-hybridized carbons (Fsp3) is 0.316. The minimum Gasteiger partial charge on any atom is -0.488 e. The van der Waals surface area contributed by atoms with E-state index in [2.05, 4.69) is 38.0 Å². The Labute approximate surface area is 302 Å². The van der Waals surface area contributed by atoms with Crippen LogP contribution in [-0.4, -0.2) is 97.2 Å². The highest BCUT2D eigenvalue weighted by atomic mass is 19.1. The van der Waals surface area contributed by atoms with Crippen molar-refractivity contribution in [2.45, 2.75) is 44.0 Å². The summed E-state index contributed by atoms with van der Waals surface area (Å²) < 4.78 is 38.6. The first kappa shape index (κ1) is 32.9. The highest BCUT2D eigenvalue weighted by molar-refractivity contribution is 5.96. The normalized spacial score (nSPS) is 21.1. The molecule has 2 amide bonds. The van der Waals surface area contributed by atoms with Gasteiger partial charge in [-0.3, -0.25) is 14.3 Å². The summed E-state index contributed by atoms with van der Waals surface area (Å²) in [6.45, 7) is 2.68. The molecule has 2 fully saturated rings. The van der Waals surface area contributed by atoms with E-state index in [1.54, 1.807) is 4.90 Å². The third-order valence-corrected chi connectivity index (χ3v) is 10.3. The van der Waals surface area contributed by atoms with Crippen LogP contribution in [0.15, 0.2) is 79.4 Å². The number of nitrogens with zero attached hydrogens (tertiary/aromatic N) is 8. The Morgan fingerprint density at radius 3 is 2.70 bits per heavy atom. The Bertz CT molecular complexity index is 2360. The Kier molecular flexibility index (Phi) is 8.41. The fourth-order valence-electron chi connectivity index (χ4n) is 7.75. The Hall–Kier alpha value is -5.96. The number of rotatable bonds is 2. The summed E-state index contributed by atoms with van der Waals surface area (Å²) in [4.78, 5) is 40.9. The van der Waals surface area contributed by atoms with Crippen LogP contribution < -0.4 is 20.3 Å². The zero-order chi connectivity index (χ0) is 36.1. The topological polar surface area (TPSA) is 135 Å². The Morgan fingerprint density at radius 1 is 0.887 bits per heavy atom. The third-order valence-electron chi connectivity index (χ3n) is 10.3. The van der Waals surface area contributed by atoms with Crippen LogP contribution >= 0.6 is 0 Å². The summed E-state index contributed by atoms with van der Waals surface area (Å²) in [5.74, 6) is -0.874. The summed E-state index contributed by atoms with van der Waals surface area (Å²) in [5.41, 5.74) is 3.22. The molecule has 3 aromatic heterocycles. The number of piperazine rings is 1. The number of carbonyl (C=O) groups is 2. The van der Waals surface area contributed by atoms with E-state index in [1.165, 1.54) is 23.3 Å². The molecule has 13 nitrogen and oxygen atoms in total. The van der Waals surface area contributed by atoms with Gasteiger partial charge in [0.1, 0.15) is 47.6 Å². The number of halogens is 2. The molecule has 15 heteroatoms. The number of benzene rings is 3. The van der Waals surface area contributed by atoms with Crippen LogP contribution in [0.25, 0.3) is 38.8 Å². The average Bonchev–Trinajstić information content (AvgIpc) is 3.91. The van der Waals surface area contributed by atoms with E-state index in [1.807, 2.05) is 46.0 Å². The van der Waals surface area contributed by atoms with Gasteiger partial charge in [0.2, 0.25) is 11.8 Å². The largest absolute Gasteiger partial charge is 0.488 e. The second-order valence-corrected chi connectivity index (χ2v) is 13.6. The maximum absolute atomic E-state index is 14.9. The zero-order valence-corrected chi connectivity index (χ0v) is 28.7. The van der Waals surface area contributed by atoms with Gasteiger partial charge in [-0.25, -0.2) is 23.4 Å². The number of nitrogens with one attached hydrogen (secondary N) is 2. The molecular weight excluding hydrogens is 682 g/mol. The van der Waals surface area contributed by atoms with Crippen molar-refractivity contribution in [2.75, 3.05) is 37.6 Å². The van der Waals surface area contributed by atoms with Crippen molar-refractivity contribution in [1.82, 2.24) is 45.1 Å². The first-order chi connectivity index (χ1) is 25.9. The van der Waals surface area contributed by atoms with Crippen LogP contribution in [0, 0.1) is 11.6 Å². The number of aryl methyl sites for hydroxylation is 1. The molecule has 0 aliphatic carbocycles. The van der Waals surface area contributed by atoms with E-state index in [0.717, 1.165) is 47.0 Å². The maximum atomic E-state index is 14.9. The minimum atomic E-state index is -0.796. The Balaban J connectivity index is 1.11. The summed E-state index contributed by atoms with van der Waals surface area (Å²) in [6.07, 6.45) is 6.37. The molecular formula is C38H36F2N10O3. The van der Waals surface area contributed by atoms with Gasteiger partial charge < -0.3 is 25.2 Å². The van der Waals surface area contributed by atoms with Crippen LogP contribution in [0.2, 0.25) is 0 Å². The predicted octanol–water partition coefficient (Wildman–Crippen LogP) is 3.85. The molecule has 3 aliphatic heterocycles. The van der Waals surface area contributed by atoms with Crippen molar-refractivity contribution in [3.63, 3.8) is 0 Å². The summed E-state index contributed by atoms with van der Waals surface area (Å²) in [7, 11) is 0. The van der Waals surface area contributed by atoms with Crippen molar-refractivity contribution in [3.8, 4) is 22.6 Å². The quantitative estimate of drug-likeness (QED) is 0.274. The van der Waals surface area contributed by atoms with Gasteiger partial charge in [-0.1, -0.05) is 24.3 Å². The number of hydrogen-bond donors (Lipinski definition) is 2. The second kappa shape index (κ2) is 13.5. The van der Waals surface area contributed by atoms with Gasteiger partial charge in [0, 0.05) is 56.8 Å². The molecule has 0 saturated carbocycles. The van der Waals surface area contributed by atoms with Crippen molar-refractivity contribution < 1.29 is 23.1 Å². The van der Waals surface area contributed by atoms with Gasteiger partial charge in [-0.2, -0.15) is 10.2 Å². The smallest absolute Gasteiger partial charge is 0.246 e. The van der Waals surface area contributed by atoms with Gasteiger partial charge in [0.05, 0.1) is 23.6 Å². The number of hydrogen-bond acceptors (Lipinski definition) is 9. The molecule has 0 unspecified atom stereocenters. The van der Waals surface area contributed by atoms with E-state index in [9.17, 15) is 18.4 Å². The summed E-state index contributed by atoms with van der Waals surface area (Å²) >= 11 is 0. The zero-order valence-electron chi connectivity index (χ0n) is 28.7. The van der Waals surface area contributed by atoms with E-state index in [4.69, 9.17) is 9.84 Å². The number of ether oxygens (including phenoxy) is 1. The first-order valence-electron chi connectivity index (χ1n) is 17.8. The molecule has 0 radical (unpaired) electrons. The van der Waals surface area contributed by atoms with Crippen molar-refractivity contribution in [3.05, 3.63) is 91.0 Å². The van der Waals surface area contributed by atoms with Crippen LogP contribution in [0.5, 0.6) is 5.75 Å². The van der Waals surface area contributed by atoms with Crippen LogP contribution in [0.4, 0.5) is 14.6 Å². The maximum Gasteiger partial charge on any atom is 0.246 e. The SMILES string of the molecule is O=C1NCCCCn2cc3c(cccc3n2)-c2cccc(c2)O[C@H]2C[C@@H](C(=O)N3CCNC[C@@H]13)N(c1ncnc3c1cnn3-c1ccc(F)cc1F)C2. The number of fused-ring (bicyclic) bond motifs is 8. The van der Waals surface area contributed by atoms with Crippen molar-refractivity contribution in [1.29, 1.82) is 0 Å². The van der Waals surface area contributed by atoms with E-state index >= 15 is 0 Å². The number of aromatic nitrogens is 6. The van der Waals surface area contributed by atoms with Crippen LogP contribution in [0.3, 0.4) is 0 Å². The molecule has 6 bridgehead atoms. The highest BCUT2D eigenvalue weighted by Crippen LogP contribution is 2.35. The van der Waals surface area contributed by atoms with Crippen LogP contribution in [0.1, 0.15) is 19.3 Å². The van der Waals surface area contributed by atoms with E-state index < -0.39 is 29.8 Å². The van der Waals surface area contributed by atoms with Crippen LogP contribution in [-0.2, 0) is 16.1 Å². The predicted molar refractivity (Wildman–Crippen MR) is 193 cm³/mol. The lowest BCUT2D eigenvalue weighted by atomic mass is 10.0. The van der Waals surface area contributed by atoms with Gasteiger partial charge in [0.25, 0.3) is 0 Å². The molecule has 2 N–H and O–H groups in total. The molecule has 3 atom stereocenters. The number of anilines is 1. The summed E-state index contributed by atoms with van der Waals surface area (Å²) in [6, 6.07) is 15.8. The highest BCUT2D eigenvalue weighted by Gasteiger charge is 2.44. The third kappa shape index (κ3) is 6.09. The molecule has 0 spiro atoms. The molecule has 3 aromatic carbocycles. The van der Waals surface area contributed by atoms with E-state index in [-0.39, 0.29) is 29.7 Å². The molecule has 270 valence electrons. The lowest BCUT2D eigenvalue weighted by Gasteiger charge is -2.38. The first-order valence-corrected chi connectivity index (χ1v) is 17.8. The number of amides is 2. The average molecular weight is 719 g/mol. The standard InChI is InChI=1S/C38H36F2N10O3/c39-24-9-10-32(30(40)16-24)50-36-28(18-45-50)35(43-22-44-36)49-20-26-17-33(49)38(52)48-14-12-41-19-34(48)37(51)42-11-1-2-13-47-21-29-27(7-4-8-31(29)46-47)23-5-3-6-25(15-23)53-26/h3-10,15-16,18,21-22,26,33-34,41H,1-2,11-14,17,19-20H2,(H,42,51)/t26-,33-,34-/m0/s1. The second-order valence-electron chi connectivity index (χ2n) is 13.6. The molecule has 9 rings (SSSR count). The van der Waals surface area contributed by atoms with E-state index in [0.29, 0.717) is 56.1 Å². The lowest BCUT2D eigenvalue weighted by Crippen LogP contribution is -2.62. The fourth-order valence-corrected chi connectivity index (χ4v) is 7.75. The minimum absolute atomic E-state index is 0.0225. The van der Waals surface area contributed by atoms with Crippen molar-refractivity contribution >= 4 is 39.6 Å². The van der Waals surface area contributed by atoms with Gasteiger partial charge in [0.15, 0.2) is 11.5 Å². The Morgan fingerprint density at radius 2 is 1.79 bits per heavy atom. The molecule has 3 aliphatic rings. The molecule has 2 saturated heterocycles. The van der Waals surface area contributed by atoms with Gasteiger partial charge in [-0.15, -0.1) is 0 Å². The molecule has 53 heavy (non-hydrogen) atoms. The summed E-state index contributed by atoms with van der Waals surface area (Å²) in [5, 5.41) is 17.0. The van der Waals surface area contributed by atoms with Gasteiger partial charge >= 0.3 is 0 Å². The monoisotopic (exact) mass is 718 g/mol. The number of carbonyl (C=O) groups excluding carboxylic acids is 2. The lowest BCUT2D eigenvalue weighted by molar-refractivity contribution is -0.142.